The molecule has 27 heavy (non-hydrogen) atoms. The van der Waals surface area contributed by atoms with Gasteiger partial charge in [-0.3, -0.25) is 9.69 Å². The van der Waals surface area contributed by atoms with Gasteiger partial charge in [0.25, 0.3) is 5.91 Å². The number of carbonyl (C=O) groups is 1. The maximum absolute atomic E-state index is 14.0. The van der Waals surface area contributed by atoms with Crippen LogP contribution in [0.25, 0.3) is 0 Å². The van der Waals surface area contributed by atoms with Gasteiger partial charge < -0.3 is 10.5 Å². The number of aliphatic imine (C=N–C) groups is 1. The predicted molar refractivity (Wildman–Crippen MR) is 94.4 cm³/mol. The van der Waals surface area contributed by atoms with E-state index in [2.05, 4.69) is 9.73 Å². The number of rotatable bonds is 4. The third-order valence-electron chi connectivity index (χ3n) is 4.33. The Bertz CT molecular complexity index is 931. The van der Waals surface area contributed by atoms with Crippen molar-refractivity contribution >= 4 is 23.5 Å². The Morgan fingerprint density at radius 3 is 2.44 bits per heavy atom. The molecule has 1 aliphatic rings. The molecule has 3 rings (SSSR count). The highest BCUT2D eigenvalue weighted by Crippen LogP contribution is 2.41. The van der Waals surface area contributed by atoms with Crippen molar-refractivity contribution in [3.8, 4) is 5.75 Å². The van der Waals surface area contributed by atoms with Crippen LogP contribution in [0.15, 0.2) is 41.4 Å². The average Bonchev–Trinajstić information content (AvgIpc) is 2.80. The van der Waals surface area contributed by atoms with Crippen molar-refractivity contribution in [2.75, 3.05) is 7.05 Å². The van der Waals surface area contributed by atoms with Crippen LogP contribution in [0.5, 0.6) is 5.75 Å². The number of hydrogen-bond acceptors (Lipinski definition) is 4. The summed E-state index contributed by atoms with van der Waals surface area (Å²) in [7, 11) is 1.44. The number of likely N-dealkylation sites (N-methyl/N-ethyl adjacent to an activating group) is 1. The van der Waals surface area contributed by atoms with Gasteiger partial charge in [-0.25, -0.2) is 9.38 Å². The van der Waals surface area contributed by atoms with Gasteiger partial charge in [-0.15, -0.1) is 0 Å². The monoisotopic (exact) mass is 397 g/mol. The molecule has 0 spiro atoms. The van der Waals surface area contributed by atoms with E-state index in [0.717, 1.165) is 17.0 Å². The molecule has 0 radical (unpaired) electrons. The van der Waals surface area contributed by atoms with Gasteiger partial charge >= 0.3 is 6.61 Å². The molecule has 0 aromatic heterocycles. The highest BCUT2D eigenvalue weighted by atomic mass is 35.5. The number of benzene rings is 2. The lowest BCUT2D eigenvalue weighted by Gasteiger charge is -2.27. The standard InChI is InChI=1S/C18H15ClF3N3O2/c1-9-5-10(3-4-14(9)27-16(21)22)18(15(26)25(2)17(23)24-18)11-6-12(19)8-13(20)7-11/h3-8,16H,1-2H3,(H2,23,24). The molecule has 1 amide bonds. The van der Waals surface area contributed by atoms with Gasteiger partial charge in [0.15, 0.2) is 11.5 Å². The first-order valence-electron chi connectivity index (χ1n) is 7.81. The molecule has 0 fully saturated rings. The molecule has 5 nitrogen and oxygen atoms in total. The number of aryl methyl sites for hydroxylation is 1. The van der Waals surface area contributed by atoms with Gasteiger partial charge in [0.05, 0.1) is 0 Å². The third-order valence-corrected chi connectivity index (χ3v) is 4.55. The molecule has 2 N–H and O–H groups in total. The molecule has 0 saturated carbocycles. The SMILES string of the molecule is Cc1cc(C2(c3cc(F)cc(Cl)c3)N=C(N)N(C)C2=O)ccc1OC(F)F. The van der Waals surface area contributed by atoms with Crippen LogP contribution < -0.4 is 10.5 Å². The molecule has 1 unspecified atom stereocenters. The Morgan fingerprint density at radius 1 is 1.22 bits per heavy atom. The molecule has 2 aromatic carbocycles. The third kappa shape index (κ3) is 3.21. The minimum atomic E-state index is -2.99. The highest BCUT2D eigenvalue weighted by Gasteiger charge is 2.50. The summed E-state index contributed by atoms with van der Waals surface area (Å²) in [5.41, 5.74) is 5.00. The Labute approximate surface area is 158 Å². The molecule has 0 saturated heterocycles. The van der Waals surface area contributed by atoms with Crippen LogP contribution in [0.1, 0.15) is 16.7 Å². The van der Waals surface area contributed by atoms with E-state index in [4.69, 9.17) is 17.3 Å². The summed E-state index contributed by atoms with van der Waals surface area (Å²) in [6.45, 7) is -1.44. The molecule has 9 heteroatoms. The van der Waals surface area contributed by atoms with Crippen LogP contribution in [0.3, 0.4) is 0 Å². The lowest BCUT2D eigenvalue weighted by atomic mass is 9.82. The predicted octanol–water partition coefficient (Wildman–Crippen LogP) is 3.42. The summed E-state index contributed by atoms with van der Waals surface area (Å²) >= 11 is 5.96. The van der Waals surface area contributed by atoms with Crippen LogP contribution in [0.2, 0.25) is 5.02 Å². The molecule has 0 aliphatic carbocycles. The van der Waals surface area contributed by atoms with Crippen LogP contribution >= 0.6 is 11.6 Å². The number of carbonyl (C=O) groups excluding carboxylic acids is 1. The van der Waals surface area contributed by atoms with Crippen LogP contribution in [0, 0.1) is 12.7 Å². The molecular weight excluding hydrogens is 383 g/mol. The van der Waals surface area contributed by atoms with E-state index in [0.29, 0.717) is 11.1 Å². The van der Waals surface area contributed by atoms with E-state index in [-0.39, 0.29) is 22.3 Å². The zero-order chi connectivity index (χ0) is 19.9. The van der Waals surface area contributed by atoms with E-state index < -0.39 is 23.9 Å². The van der Waals surface area contributed by atoms with E-state index >= 15 is 0 Å². The quantitative estimate of drug-likeness (QED) is 0.859. The van der Waals surface area contributed by atoms with Crippen molar-refractivity contribution in [1.82, 2.24) is 4.90 Å². The van der Waals surface area contributed by atoms with Crippen LogP contribution in [-0.4, -0.2) is 30.4 Å². The zero-order valence-electron chi connectivity index (χ0n) is 14.3. The molecule has 142 valence electrons. The highest BCUT2D eigenvalue weighted by molar-refractivity contribution is 6.30. The fourth-order valence-corrected chi connectivity index (χ4v) is 3.27. The van der Waals surface area contributed by atoms with Gasteiger partial charge in [-0.2, -0.15) is 8.78 Å². The van der Waals surface area contributed by atoms with Crippen molar-refractivity contribution < 1.29 is 22.7 Å². The minimum absolute atomic E-state index is 0.0445. The van der Waals surface area contributed by atoms with Crippen molar-refractivity contribution in [2.24, 2.45) is 10.7 Å². The lowest BCUT2D eigenvalue weighted by molar-refractivity contribution is -0.129. The largest absolute Gasteiger partial charge is 0.435 e. The number of amides is 1. The van der Waals surface area contributed by atoms with E-state index in [1.807, 2.05) is 0 Å². The minimum Gasteiger partial charge on any atom is -0.435 e. The van der Waals surface area contributed by atoms with Crippen molar-refractivity contribution in [3.05, 3.63) is 63.9 Å². The van der Waals surface area contributed by atoms with Crippen molar-refractivity contribution in [2.45, 2.75) is 19.1 Å². The van der Waals surface area contributed by atoms with E-state index in [9.17, 15) is 18.0 Å². The first kappa shape index (κ1) is 19.0. The Kier molecular flexibility index (Phi) is 4.77. The second-order valence-corrected chi connectivity index (χ2v) is 6.50. The van der Waals surface area contributed by atoms with Crippen LogP contribution in [-0.2, 0) is 10.3 Å². The smallest absolute Gasteiger partial charge is 0.387 e. The van der Waals surface area contributed by atoms with E-state index in [1.165, 1.54) is 31.3 Å². The molecule has 0 bridgehead atoms. The van der Waals surface area contributed by atoms with Gasteiger partial charge in [0, 0.05) is 12.1 Å². The Morgan fingerprint density at radius 2 is 1.93 bits per heavy atom. The summed E-state index contributed by atoms with van der Waals surface area (Å²) in [5.74, 6) is -1.28. The first-order valence-corrected chi connectivity index (χ1v) is 8.19. The number of nitrogens with zero attached hydrogens (tertiary/aromatic N) is 2. The Hall–Kier alpha value is -2.74. The maximum atomic E-state index is 14.0. The molecule has 1 aliphatic heterocycles. The summed E-state index contributed by atoms with van der Waals surface area (Å²) in [6.07, 6.45) is 0. The number of hydrogen-bond donors (Lipinski definition) is 1. The van der Waals surface area contributed by atoms with Gasteiger partial charge in [0.2, 0.25) is 0 Å². The zero-order valence-corrected chi connectivity index (χ0v) is 15.1. The summed E-state index contributed by atoms with van der Waals surface area (Å²) in [4.78, 5) is 18.5. The number of nitrogens with two attached hydrogens (primary N) is 1. The van der Waals surface area contributed by atoms with Gasteiger partial charge in [0.1, 0.15) is 11.6 Å². The van der Waals surface area contributed by atoms with Crippen molar-refractivity contribution in [1.29, 1.82) is 0 Å². The van der Waals surface area contributed by atoms with Crippen LogP contribution in [0.4, 0.5) is 13.2 Å². The second-order valence-electron chi connectivity index (χ2n) is 6.06. The molecule has 1 heterocycles. The van der Waals surface area contributed by atoms with Gasteiger partial charge in [-0.05, 0) is 53.9 Å². The maximum Gasteiger partial charge on any atom is 0.387 e. The summed E-state index contributed by atoms with van der Waals surface area (Å²) in [5, 5.41) is 0.0786. The van der Waals surface area contributed by atoms with E-state index in [1.54, 1.807) is 6.92 Å². The number of guanidine groups is 1. The summed E-state index contributed by atoms with van der Waals surface area (Å²) in [6, 6.07) is 7.84. The number of ether oxygens (including phenoxy) is 1. The van der Waals surface area contributed by atoms with Gasteiger partial charge in [-0.1, -0.05) is 17.7 Å². The van der Waals surface area contributed by atoms with Crippen molar-refractivity contribution in [3.63, 3.8) is 0 Å². The number of halogens is 4. The summed E-state index contributed by atoms with van der Waals surface area (Å²) < 4.78 is 43.5. The molecule has 1 atom stereocenters. The normalized spacial score (nSPS) is 19.6. The molecular formula is C18H15ClF3N3O2. The fourth-order valence-electron chi connectivity index (χ4n) is 3.05. The molecule has 2 aromatic rings. The fraction of sp³-hybridized carbons (Fsp3) is 0.222. The topological polar surface area (TPSA) is 67.9 Å². The lowest BCUT2D eigenvalue weighted by Crippen LogP contribution is -2.41. The first-order chi connectivity index (χ1) is 12.6. The Balaban J connectivity index is 2.24. The average molecular weight is 398 g/mol. The second kappa shape index (κ2) is 6.77. The number of alkyl halides is 2.